The molecular formula is C32H26N10O13S4. The summed E-state index contributed by atoms with van der Waals surface area (Å²) in [7, 11) is -8.82. The molecule has 5 aromatic rings. The lowest BCUT2D eigenvalue weighted by Gasteiger charge is -2.13. The summed E-state index contributed by atoms with van der Waals surface area (Å²) in [5.74, 6) is -1.97. The van der Waals surface area contributed by atoms with Crippen LogP contribution in [-0.4, -0.2) is 61.7 Å². The standard InChI is InChI=1S/C32H26N10O13S4/c1-55-23-14-22(25(59(52,53)54)15-21(23)38-35-16-6-10-18(11-7-16)56(45)46)39-41-30-26(32(43)44)29(40-36-17-8-12-19(13-9-17)57(47)48)27(33)31(28(30)34)42-37-20-4-2-3-5-24(20)58(49,50)51/h2-15H,33-34H2,1H3,(H,43,44)(H,45,46)(H,47,48)(H,49,50,51)(H,52,53,54). The van der Waals surface area contributed by atoms with Crippen molar-refractivity contribution < 1.29 is 58.1 Å². The van der Waals surface area contributed by atoms with Crippen molar-refractivity contribution >= 4 is 105 Å². The lowest BCUT2D eigenvalue weighted by atomic mass is 10.1. The van der Waals surface area contributed by atoms with E-state index in [9.17, 15) is 53.4 Å². The van der Waals surface area contributed by atoms with Crippen molar-refractivity contribution in [1.82, 2.24) is 0 Å². The number of aromatic carboxylic acids is 1. The maximum atomic E-state index is 12.8. The maximum Gasteiger partial charge on any atom is 0.340 e. The van der Waals surface area contributed by atoms with Crippen molar-refractivity contribution in [2.24, 2.45) is 40.9 Å². The molecule has 0 aliphatic rings. The molecule has 0 fully saturated rings. The first kappa shape index (κ1) is 43.5. The monoisotopic (exact) mass is 886 g/mol. The SMILES string of the molecule is COc1cc(N=Nc2c(N)c(N=Nc3ccccc3S(=O)(=O)O)c(N)c(N=Nc3ccc(S(=O)O)cc3)c2C(=O)O)c(S(=O)(=O)O)cc1N=Nc1ccc(S(=O)O)cc1. The van der Waals surface area contributed by atoms with E-state index in [0.717, 1.165) is 24.3 Å². The number of rotatable bonds is 14. The molecule has 0 heterocycles. The number of nitrogens with two attached hydrogens (primary N) is 2. The molecule has 0 bridgehead atoms. The van der Waals surface area contributed by atoms with E-state index < -0.39 is 104 Å². The van der Waals surface area contributed by atoms with E-state index in [1.807, 2.05) is 0 Å². The molecule has 0 saturated carbocycles. The molecule has 0 aliphatic heterocycles. The largest absolute Gasteiger partial charge is 0.494 e. The molecule has 59 heavy (non-hydrogen) atoms. The van der Waals surface area contributed by atoms with Gasteiger partial charge in [-0.2, -0.15) is 27.1 Å². The minimum Gasteiger partial charge on any atom is -0.494 e. The number of anilines is 2. The minimum atomic E-state index is -5.16. The zero-order valence-corrected chi connectivity index (χ0v) is 32.7. The second-order valence-corrected chi connectivity index (χ2v) is 16.0. The molecule has 27 heteroatoms. The van der Waals surface area contributed by atoms with Gasteiger partial charge in [0.05, 0.1) is 39.7 Å². The van der Waals surface area contributed by atoms with Crippen LogP contribution < -0.4 is 16.2 Å². The number of carboxylic acids is 1. The zero-order chi connectivity index (χ0) is 43.2. The predicted molar refractivity (Wildman–Crippen MR) is 209 cm³/mol. The highest BCUT2D eigenvalue weighted by Gasteiger charge is 2.28. The van der Waals surface area contributed by atoms with Crippen LogP contribution >= 0.6 is 0 Å². The molecule has 0 radical (unpaired) electrons. The summed E-state index contributed by atoms with van der Waals surface area (Å²) in [6.45, 7) is 0. The first-order chi connectivity index (χ1) is 27.8. The fraction of sp³-hybridized carbons (Fsp3) is 0.0312. The average molecular weight is 887 g/mol. The summed E-state index contributed by atoms with van der Waals surface area (Å²) < 4.78 is 116. The van der Waals surface area contributed by atoms with Crippen molar-refractivity contribution in [2.45, 2.75) is 19.6 Å². The topological polar surface area (TPSA) is 381 Å². The van der Waals surface area contributed by atoms with Crippen LogP contribution in [0, 0.1) is 0 Å². The van der Waals surface area contributed by atoms with Crippen LogP contribution in [0.2, 0.25) is 0 Å². The lowest BCUT2D eigenvalue weighted by Crippen LogP contribution is -2.04. The number of hydrogen-bond donors (Lipinski definition) is 7. The van der Waals surface area contributed by atoms with Gasteiger partial charge in [-0.1, -0.05) is 12.1 Å². The Hall–Kier alpha value is -6.59. The number of carboxylic acid groups (broad SMARTS) is 1. The quantitative estimate of drug-likeness (QED) is 0.0241. The first-order valence-electron chi connectivity index (χ1n) is 15.6. The fourth-order valence-electron chi connectivity index (χ4n) is 4.78. The first-order valence-corrected chi connectivity index (χ1v) is 20.7. The zero-order valence-electron chi connectivity index (χ0n) is 29.5. The van der Waals surface area contributed by atoms with Crippen LogP contribution in [0.15, 0.2) is 145 Å². The van der Waals surface area contributed by atoms with E-state index in [2.05, 4.69) is 40.9 Å². The number of methoxy groups -OCH3 is 1. The molecule has 0 saturated heterocycles. The summed E-state index contributed by atoms with van der Waals surface area (Å²) in [6.07, 6.45) is 0. The van der Waals surface area contributed by atoms with Crippen molar-refractivity contribution in [3.8, 4) is 5.75 Å². The Morgan fingerprint density at radius 1 is 0.593 bits per heavy atom. The van der Waals surface area contributed by atoms with Crippen LogP contribution in [0.4, 0.5) is 56.9 Å². The number of azo groups is 4. The van der Waals surface area contributed by atoms with Gasteiger partial charge in [0.25, 0.3) is 20.2 Å². The molecule has 5 aromatic carbocycles. The average Bonchev–Trinajstić information content (AvgIpc) is 3.18. The molecule has 9 N–H and O–H groups in total. The third-order valence-corrected chi connectivity index (χ3v) is 10.7. The van der Waals surface area contributed by atoms with Gasteiger partial charge in [-0.15, -0.1) is 30.7 Å². The van der Waals surface area contributed by atoms with E-state index in [-0.39, 0.29) is 32.6 Å². The highest BCUT2D eigenvalue weighted by molar-refractivity contribution is 7.86. The molecule has 0 spiro atoms. The number of benzene rings is 5. The molecule has 0 aromatic heterocycles. The summed E-state index contributed by atoms with van der Waals surface area (Å²) >= 11 is -4.60. The maximum absolute atomic E-state index is 12.8. The Bertz CT molecular complexity index is 2870. The smallest absolute Gasteiger partial charge is 0.340 e. The molecule has 23 nitrogen and oxygen atoms in total. The van der Waals surface area contributed by atoms with Gasteiger partial charge in [0.15, 0.2) is 22.2 Å². The van der Waals surface area contributed by atoms with Gasteiger partial charge in [-0.05, 0) is 66.7 Å². The molecule has 0 amide bonds. The molecule has 5 rings (SSSR count). The van der Waals surface area contributed by atoms with Gasteiger partial charge in [-0.25, -0.2) is 13.2 Å². The van der Waals surface area contributed by atoms with Gasteiger partial charge >= 0.3 is 5.97 Å². The molecule has 0 aliphatic carbocycles. The number of nitrogens with zero attached hydrogens (tertiary/aromatic N) is 8. The van der Waals surface area contributed by atoms with Gasteiger partial charge < -0.3 is 30.4 Å². The van der Waals surface area contributed by atoms with Crippen LogP contribution in [-0.2, 0) is 42.4 Å². The van der Waals surface area contributed by atoms with Crippen LogP contribution in [0.1, 0.15) is 10.4 Å². The van der Waals surface area contributed by atoms with Crippen LogP contribution in [0.25, 0.3) is 0 Å². The second-order valence-electron chi connectivity index (χ2n) is 11.2. The van der Waals surface area contributed by atoms with Crippen LogP contribution in [0.5, 0.6) is 5.75 Å². The van der Waals surface area contributed by atoms with Gasteiger partial charge in [0, 0.05) is 6.07 Å². The van der Waals surface area contributed by atoms with Gasteiger partial charge in [0.2, 0.25) is 0 Å². The highest BCUT2D eigenvalue weighted by Crippen LogP contribution is 2.50. The third kappa shape index (κ3) is 10.3. The van der Waals surface area contributed by atoms with Crippen molar-refractivity contribution in [1.29, 1.82) is 0 Å². The van der Waals surface area contributed by atoms with Gasteiger partial charge in [0.1, 0.15) is 55.2 Å². The van der Waals surface area contributed by atoms with Crippen molar-refractivity contribution in [2.75, 3.05) is 18.6 Å². The van der Waals surface area contributed by atoms with E-state index in [4.69, 9.17) is 16.2 Å². The Morgan fingerprint density at radius 2 is 1.03 bits per heavy atom. The number of nitrogen functional groups attached to an aromatic ring is 2. The van der Waals surface area contributed by atoms with Crippen molar-refractivity contribution in [3.05, 3.63) is 90.5 Å². The van der Waals surface area contributed by atoms with E-state index in [1.165, 1.54) is 67.8 Å². The summed E-state index contributed by atoms with van der Waals surface area (Å²) in [6, 6.07) is 16.8. The predicted octanol–water partition coefficient (Wildman–Crippen LogP) is 7.87. The highest BCUT2D eigenvalue weighted by atomic mass is 32.2. The van der Waals surface area contributed by atoms with Gasteiger partial charge in [-0.3, -0.25) is 9.11 Å². The third-order valence-electron chi connectivity index (χ3n) is 7.52. The second kappa shape index (κ2) is 17.9. The summed E-state index contributed by atoms with van der Waals surface area (Å²) in [5.41, 5.74) is 7.33. The number of hydrogen-bond acceptors (Lipinski definition) is 18. The van der Waals surface area contributed by atoms with Crippen molar-refractivity contribution in [3.63, 3.8) is 0 Å². The van der Waals surface area contributed by atoms with E-state index >= 15 is 0 Å². The normalized spacial score (nSPS) is 13.4. The summed E-state index contributed by atoms with van der Waals surface area (Å²) in [4.78, 5) is 11.3. The Balaban J connectivity index is 1.72. The molecule has 306 valence electrons. The minimum absolute atomic E-state index is 0.00278. The Labute approximate surface area is 337 Å². The van der Waals surface area contributed by atoms with E-state index in [1.54, 1.807) is 0 Å². The molecule has 2 atom stereocenters. The lowest BCUT2D eigenvalue weighted by molar-refractivity contribution is 0.0698. The molecular weight excluding hydrogens is 861 g/mol. The summed E-state index contributed by atoms with van der Waals surface area (Å²) in [5, 5.41) is 41.6. The fourth-order valence-corrected chi connectivity index (χ4v) is 6.76. The van der Waals surface area contributed by atoms with E-state index in [0.29, 0.717) is 0 Å². The Kier molecular flexibility index (Phi) is 13.2. The number of carbonyl (C=O) groups is 1. The number of ether oxygens (including phenoxy) is 1. The Morgan fingerprint density at radius 3 is 1.51 bits per heavy atom. The van der Waals surface area contributed by atoms with Crippen LogP contribution in [0.3, 0.4) is 0 Å². The molecule has 2 unspecified atom stereocenters.